The second-order valence-electron chi connectivity index (χ2n) is 16.8. The van der Waals surface area contributed by atoms with Gasteiger partial charge in [-0.2, -0.15) is 0 Å². The summed E-state index contributed by atoms with van der Waals surface area (Å²) in [6, 6.07) is 55.0. The van der Waals surface area contributed by atoms with Crippen molar-refractivity contribution in [3.8, 4) is 61.0 Å². The molecule has 0 atom stereocenters. The van der Waals surface area contributed by atoms with Crippen LogP contribution >= 0.6 is 11.3 Å². The molecule has 6 aromatic carbocycles. The van der Waals surface area contributed by atoms with E-state index in [0.717, 1.165) is 65.3 Å². The average Bonchev–Trinajstić information content (AvgIpc) is 3.73. The molecule has 0 bridgehead atoms. The molecule has 0 aliphatic carbocycles. The Kier molecular flexibility index (Phi) is 11.0. The second kappa shape index (κ2) is 17.2. The molecule has 0 unspecified atom stereocenters. The average molecular weight is 994 g/mol. The molecular weight excluding hydrogens is 946 g/mol. The topological polar surface area (TPSA) is 58.9 Å². The quantitative estimate of drug-likeness (QED) is 0.146. The number of benzene rings is 6. The predicted molar refractivity (Wildman–Crippen MR) is 249 cm³/mol. The summed E-state index contributed by atoms with van der Waals surface area (Å²) in [5, 5.41) is 12.8. The summed E-state index contributed by atoms with van der Waals surface area (Å²) in [6.45, 7) is 10.8. The first-order valence-electron chi connectivity index (χ1n) is 21.2. The fourth-order valence-corrected chi connectivity index (χ4v) is 8.83. The molecule has 0 saturated carbocycles. The largest absolute Gasteiger partial charge is 0.507 e. The molecule has 0 aliphatic heterocycles. The molecule has 0 saturated heterocycles. The maximum Gasteiger partial charge on any atom is 0.129 e. The van der Waals surface area contributed by atoms with Crippen LogP contribution < -0.4 is 0 Å². The molecule has 61 heavy (non-hydrogen) atoms. The third kappa shape index (κ3) is 8.64. The van der Waals surface area contributed by atoms with Crippen molar-refractivity contribution >= 4 is 21.6 Å². The Labute approximate surface area is 380 Å². The Morgan fingerprint density at radius 1 is 0.623 bits per heavy atom. The molecule has 1 N–H and O–H groups in total. The molecule has 0 amide bonds. The zero-order chi connectivity index (χ0) is 43.2. The first-order valence-corrected chi connectivity index (χ1v) is 21.0. The molecule has 9 rings (SSSR count). The predicted octanol–water partition coefficient (Wildman–Crippen LogP) is 14.1. The van der Waals surface area contributed by atoms with Gasteiger partial charge in [0, 0.05) is 63.8 Å². The van der Waals surface area contributed by atoms with E-state index in [1.165, 1.54) is 5.56 Å². The van der Waals surface area contributed by atoms with Gasteiger partial charge in [0.2, 0.25) is 0 Å². The summed E-state index contributed by atoms with van der Waals surface area (Å²) in [6.07, 6.45) is 3.08. The smallest absolute Gasteiger partial charge is 0.129 e. The minimum atomic E-state index is -1.75. The maximum atomic E-state index is 12.1. The van der Waals surface area contributed by atoms with Crippen molar-refractivity contribution in [1.82, 2.24) is 15.0 Å². The van der Waals surface area contributed by atoms with Crippen molar-refractivity contribution in [3.05, 3.63) is 204 Å². The third-order valence-electron chi connectivity index (χ3n) is 11.2. The monoisotopic (exact) mass is 993 g/mol. The molecule has 9 aromatic rings. The minimum Gasteiger partial charge on any atom is -0.507 e. The van der Waals surface area contributed by atoms with E-state index < -0.39 is 11.8 Å². The number of rotatable bonds is 9. The van der Waals surface area contributed by atoms with Crippen molar-refractivity contribution in [2.75, 3.05) is 0 Å². The normalized spacial score (nSPS) is 12.4. The van der Waals surface area contributed by atoms with Gasteiger partial charge >= 0.3 is 0 Å². The second-order valence-corrected chi connectivity index (χ2v) is 17.8. The van der Waals surface area contributed by atoms with Gasteiger partial charge in [-0.3, -0.25) is 9.97 Å². The van der Waals surface area contributed by atoms with Crippen LogP contribution in [0.4, 0.5) is 0 Å². The van der Waals surface area contributed by atoms with E-state index in [1.54, 1.807) is 42.1 Å². The molecule has 0 spiro atoms. The fourth-order valence-electron chi connectivity index (χ4n) is 7.78. The van der Waals surface area contributed by atoms with Gasteiger partial charge in [-0.05, 0) is 81.1 Å². The number of nitrogens with zero attached hydrogens (tertiary/aromatic N) is 3. The van der Waals surface area contributed by atoms with Crippen molar-refractivity contribution in [3.63, 3.8) is 0 Å². The van der Waals surface area contributed by atoms with Crippen molar-refractivity contribution in [2.45, 2.75) is 51.8 Å². The van der Waals surface area contributed by atoms with E-state index >= 15 is 0 Å². The Morgan fingerprint density at radius 3 is 1.85 bits per heavy atom. The summed E-state index contributed by atoms with van der Waals surface area (Å²) in [5.74, 6) is 0.240. The van der Waals surface area contributed by atoms with Crippen molar-refractivity contribution < 1.29 is 28.9 Å². The van der Waals surface area contributed by atoms with Gasteiger partial charge < -0.3 is 5.11 Å². The van der Waals surface area contributed by atoms with Gasteiger partial charge in [-0.25, -0.2) is 4.98 Å². The Morgan fingerprint density at radius 2 is 1.23 bits per heavy atom. The summed E-state index contributed by atoms with van der Waals surface area (Å²) in [5.41, 5.74) is 12.3. The molecule has 4 nitrogen and oxygen atoms in total. The molecular formula is C55H46N3OPtS-. The van der Waals surface area contributed by atoms with Crippen molar-refractivity contribution in [2.24, 2.45) is 0 Å². The molecule has 3 aromatic heterocycles. The third-order valence-corrected chi connectivity index (χ3v) is 12.3. The van der Waals surface area contributed by atoms with Gasteiger partial charge in [0.15, 0.2) is 0 Å². The van der Waals surface area contributed by atoms with Gasteiger partial charge in [0.1, 0.15) is 10.8 Å². The summed E-state index contributed by atoms with van der Waals surface area (Å²) < 4.78 is 18.9. The van der Waals surface area contributed by atoms with E-state index in [4.69, 9.17) is 12.7 Å². The SMILES string of the molecule is [2H]C([2H])(c1ccncc1)c1ccc(-c2[c-]c(-c3cc(-c4ccccc4)cc4sc(-c5cc(-c6ccccc6)cc(C(C)(C)C)c5O)nc34)cc(C(C)(C)c3ccccc3)c2)nc1.[Pt]. The molecule has 0 fully saturated rings. The van der Waals surface area contributed by atoms with E-state index in [9.17, 15) is 5.11 Å². The minimum absolute atomic E-state index is 0. The van der Waals surface area contributed by atoms with Crippen LogP contribution in [0.5, 0.6) is 5.75 Å². The number of thiazole rings is 1. The molecule has 0 aliphatic rings. The molecule has 0 radical (unpaired) electrons. The molecule has 3 heterocycles. The van der Waals surface area contributed by atoms with Crippen LogP contribution in [0.1, 0.15) is 65.2 Å². The Hall–Kier alpha value is -6.00. The number of pyridine rings is 2. The van der Waals surface area contributed by atoms with Crippen LogP contribution in [0.15, 0.2) is 170 Å². The van der Waals surface area contributed by atoms with Crippen LogP contribution in [0.25, 0.3) is 65.4 Å². The Bertz CT molecular complexity index is 3040. The van der Waals surface area contributed by atoms with Crippen LogP contribution in [0.2, 0.25) is 0 Å². The van der Waals surface area contributed by atoms with Gasteiger partial charge in [-0.15, -0.1) is 40.7 Å². The van der Waals surface area contributed by atoms with E-state index in [-0.39, 0.29) is 32.2 Å². The number of hydrogen-bond acceptors (Lipinski definition) is 5. The molecule has 6 heteroatoms. The van der Waals surface area contributed by atoms with Crippen molar-refractivity contribution in [1.29, 1.82) is 0 Å². The summed E-state index contributed by atoms with van der Waals surface area (Å²) in [7, 11) is 0. The van der Waals surface area contributed by atoms with Crippen LogP contribution in [0.3, 0.4) is 0 Å². The zero-order valence-electron chi connectivity index (χ0n) is 36.7. The van der Waals surface area contributed by atoms with E-state index in [2.05, 4.69) is 143 Å². The first-order chi connectivity index (χ1) is 29.8. The van der Waals surface area contributed by atoms with Crippen LogP contribution in [-0.2, 0) is 38.3 Å². The molecule has 304 valence electrons. The van der Waals surface area contributed by atoms with E-state index in [1.807, 2.05) is 42.5 Å². The first kappa shape index (κ1) is 39.2. The fraction of sp³-hybridized carbons (Fsp3) is 0.145. The Balaban J connectivity index is 0.00000544. The maximum absolute atomic E-state index is 12.1. The van der Waals surface area contributed by atoms with Gasteiger partial charge in [0.05, 0.1) is 11.1 Å². The van der Waals surface area contributed by atoms with Gasteiger partial charge in [0.25, 0.3) is 0 Å². The van der Waals surface area contributed by atoms with Gasteiger partial charge in [-0.1, -0.05) is 155 Å². The standard InChI is InChI=1S/C55H46N3OS.Pt/c1-54(2,3)48-33-40(38-15-9-6-10-16-38)32-47(52(48)59)53-58-51-46(31-41(34-50(51)60-53)39-17-11-7-12-18-39)42-28-43(30-45(29-42)55(4,5)44-19-13-8-14-20-44)49-22-21-37(35-57-49)27-36-23-25-56-26-24-36;/h6-26,29-35,59H,27H2,1-5H3;/q-1;/i27D2;. The number of phenols is 1. The van der Waals surface area contributed by atoms with Crippen LogP contribution in [-0.4, -0.2) is 20.1 Å². The number of aromatic nitrogens is 3. The number of aromatic hydroxyl groups is 1. The summed E-state index contributed by atoms with van der Waals surface area (Å²) >= 11 is 1.58. The van der Waals surface area contributed by atoms with Crippen LogP contribution in [0, 0.1) is 6.07 Å². The number of hydrogen-bond donors (Lipinski definition) is 1. The summed E-state index contributed by atoms with van der Waals surface area (Å²) in [4.78, 5) is 14.4. The zero-order valence-corrected chi connectivity index (χ0v) is 37.8. The number of fused-ring (bicyclic) bond motifs is 1. The number of phenolic OH excluding ortho intramolecular Hbond substituents is 1. The van der Waals surface area contributed by atoms with E-state index in [0.29, 0.717) is 22.4 Å².